The number of nitrogens with zero attached hydrogens (tertiary/aromatic N) is 1. The van der Waals surface area contributed by atoms with Gasteiger partial charge in [-0.25, -0.2) is 4.98 Å². The van der Waals surface area contributed by atoms with E-state index >= 15 is 0 Å². The lowest BCUT2D eigenvalue weighted by Gasteiger charge is -1.98. The minimum absolute atomic E-state index is 0.699. The minimum atomic E-state index is 0.699. The molecule has 0 amide bonds. The Morgan fingerprint density at radius 1 is 1.54 bits per heavy atom. The SMILES string of the molecule is CC/C=C/c1nc(CC(C)C)cs1. The highest BCUT2D eigenvalue weighted by atomic mass is 32.1. The van der Waals surface area contributed by atoms with Crippen molar-refractivity contribution < 1.29 is 0 Å². The van der Waals surface area contributed by atoms with Gasteiger partial charge in [0.2, 0.25) is 0 Å². The van der Waals surface area contributed by atoms with Crippen molar-refractivity contribution in [3.05, 3.63) is 22.2 Å². The molecular formula is C11H17NS. The topological polar surface area (TPSA) is 12.9 Å². The van der Waals surface area contributed by atoms with E-state index in [1.165, 1.54) is 5.69 Å². The second-order valence-corrected chi connectivity index (χ2v) is 4.48. The largest absolute Gasteiger partial charge is 0.242 e. The first-order valence-corrected chi connectivity index (χ1v) is 5.71. The maximum atomic E-state index is 4.52. The average Bonchev–Trinajstić information content (AvgIpc) is 2.48. The second kappa shape index (κ2) is 5.18. The van der Waals surface area contributed by atoms with Crippen LogP contribution in [0.3, 0.4) is 0 Å². The maximum absolute atomic E-state index is 4.52. The zero-order valence-corrected chi connectivity index (χ0v) is 9.40. The third kappa shape index (κ3) is 3.73. The van der Waals surface area contributed by atoms with Gasteiger partial charge in [0.05, 0.1) is 5.69 Å². The van der Waals surface area contributed by atoms with Gasteiger partial charge in [-0.05, 0) is 24.8 Å². The van der Waals surface area contributed by atoms with Crippen LogP contribution in [0.5, 0.6) is 0 Å². The maximum Gasteiger partial charge on any atom is 0.116 e. The molecule has 0 atom stereocenters. The molecule has 0 saturated heterocycles. The fourth-order valence-corrected chi connectivity index (χ4v) is 1.88. The summed E-state index contributed by atoms with van der Waals surface area (Å²) >= 11 is 1.73. The van der Waals surface area contributed by atoms with Crippen LogP contribution in [-0.4, -0.2) is 4.98 Å². The first-order chi connectivity index (χ1) is 6.22. The molecule has 1 rings (SSSR count). The van der Waals surface area contributed by atoms with Crippen LogP contribution in [0.2, 0.25) is 0 Å². The molecule has 0 N–H and O–H groups in total. The summed E-state index contributed by atoms with van der Waals surface area (Å²) in [6, 6.07) is 0. The van der Waals surface area contributed by atoms with E-state index in [0.29, 0.717) is 5.92 Å². The molecular weight excluding hydrogens is 178 g/mol. The lowest BCUT2D eigenvalue weighted by Crippen LogP contribution is -1.93. The minimum Gasteiger partial charge on any atom is -0.242 e. The summed E-state index contributed by atoms with van der Waals surface area (Å²) in [4.78, 5) is 4.52. The Bertz CT molecular complexity index is 273. The smallest absolute Gasteiger partial charge is 0.116 e. The molecule has 0 aliphatic carbocycles. The highest BCUT2D eigenvalue weighted by Crippen LogP contribution is 2.14. The number of thiazole rings is 1. The van der Waals surface area contributed by atoms with Crippen LogP contribution in [0.1, 0.15) is 37.9 Å². The van der Waals surface area contributed by atoms with Crippen molar-refractivity contribution in [3.8, 4) is 0 Å². The molecule has 0 radical (unpaired) electrons. The molecule has 13 heavy (non-hydrogen) atoms. The van der Waals surface area contributed by atoms with Crippen LogP contribution in [0.15, 0.2) is 11.5 Å². The molecule has 0 spiro atoms. The Balaban J connectivity index is 2.58. The molecule has 1 aromatic heterocycles. The van der Waals surface area contributed by atoms with Crippen molar-refractivity contribution >= 4 is 17.4 Å². The normalized spacial score (nSPS) is 11.7. The highest BCUT2D eigenvalue weighted by Gasteiger charge is 2.01. The van der Waals surface area contributed by atoms with Gasteiger partial charge in [-0.15, -0.1) is 11.3 Å². The first kappa shape index (κ1) is 10.5. The van der Waals surface area contributed by atoms with Crippen LogP contribution in [0, 0.1) is 5.92 Å². The van der Waals surface area contributed by atoms with Gasteiger partial charge in [0.1, 0.15) is 5.01 Å². The highest BCUT2D eigenvalue weighted by molar-refractivity contribution is 7.10. The predicted octanol–water partition coefficient (Wildman–Crippen LogP) is 3.76. The molecule has 0 aliphatic heterocycles. The predicted molar refractivity (Wildman–Crippen MR) is 60.0 cm³/mol. The van der Waals surface area contributed by atoms with E-state index < -0.39 is 0 Å². The second-order valence-electron chi connectivity index (χ2n) is 3.59. The lowest BCUT2D eigenvalue weighted by atomic mass is 10.1. The van der Waals surface area contributed by atoms with Gasteiger partial charge in [0.15, 0.2) is 0 Å². The molecule has 0 saturated carbocycles. The summed E-state index contributed by atoms with van der Waals surface area (Å²) in [6.07, 6.45) is 6.43. The van der Waals surface area contributed by atoms with Crippen LogP contribution in [-0.2, 0) is 6.42 Å². The van der Waals surface area contributed by atoms with Crippen molar-refractivity contribution in [3.63, 3.8) is 0 Å². The van der Waals surface area contributed by atoms with Gasteiger partial charge in [-0.3, -0.25) is 0 Å². The molecule has 0 fully saturated rings. The lowest BCUT2D eigenvalue weighted by molar-refractivity contribution is 0.638. The molecule has 1 nitrogen and oxygen atoms in total. The molecule has 1 aromatic rings. The van der Waals surface area contributed by atoms with E-state index in [4.69, 9.17) is 0 Å². The Morgan fingerprint density at radius 3 is 2.92 bits per heavy atom. The number of hydrogen-bond acceptors (Lipinski definition) is 2. The Kier molecular flexibility index (Phi) is 4.16. The summed E-state index contributed by atoms with van der Waals surface area (Å²) < 4.78 is 0. The van der Waals surface area contributed by atoms with Crippen molar-refractivity contribution in [2.24, 2.45) is 5.92 Å². The zero-order chi connectivity index (χ0) is 9.68. The van der Waals surface area contributed by atoms with Gasteiger partial charge in [-0.2, -0.15) is 0 Å². The van der Waals surface area contributed by atoms with Crippen LogP contribution in [0.25, 0.3) is 6.08 Å². The number of allylic oxidation sites excluding steroid dienone is 1. The molecule has 1 heterocycles. The third-order valence-electron chi connectivity index (χ3n) is 1.68. The third-order valence-corrected chi connectivity index (χ3v) is 2.54. The fourth-order valence-electron chi connectivity index (χ4n) is 1.13. The average molecular weight is 195 g/mol. The van der Waals surface area contributed by atoms with Crippen molar-refractivity contribution in [1.82, 2.24) is 4.98 Å². The van der Waals surface area contributed by atoms with Crippen molar-refractivity contribution in [1.29, 1.82) is 0 Å². The van der Waals surface area contributed by atoms with E-state index in [9.17, 15) is 0 Å². The Morgan fingerprint density at radius 2 is 2.31 bits per heavy atom. The van der Waals surface area contributed by atoms with Crippen molar-refractivity contribution in [2.75, 3.05) is 0 Å². The van der Waals surface area contributed by atoms with E-state index in [0.717, 1.165) is 17.8 Å². The van der Waals surface area contributed by atoms with E-state index in [-0.39, 0.29) is 0 Å². The molecule has 2 heteroatoms. The quantitative estimate of drug-likeness (QED) is 0.712. The zero-order valence-electron chi connectivity index (χ0n) is 8.58. The fraction of sp³-hybridized carbons (Fsp3) is 0.545. The monoisotopic (exact) mass is 195 g/mol. The molecule has 0 aliphatic rings. The van der Waals surface area contributed by atoms with Gasteiger partial charge in [-0.1, -0.05) is 26.8 Å². The Hall–Kier alpha value is -0.630. The van der Waals surface area contributed by atoms with Crippen molar-refractivity contribution in [2.45, 2.75) is 33.6 Å². The van der Waals surface area contributed by atoms with Crippen LogP contribution in [0.4, 0.5) is 0 Å². The molecule has 72 valence electrons. The summed E-state index contributed by atoms with van der Waals surface area (Å²) in [6.45, 7) is 6.58. The van der Waals surface area contributed by atoms with Gasteiger partial charge >= 0.3 is 0 Å². The molecule has 0 unspecified atom stereocenters. The first-order valence-electron chi connectivity index (χ1n) is 4.83. The van der Waals surface area contributed by atoms with Crippen LogP contribution < -0.4 is 0 Å². The summed E-state index contributed by atoms with van der Waals surface area (Å²) in [5, 5.41) is 3.30. The summed E-state index contributed by atoms with van der Waals surface area (Å²) in [5.41, 5.74) is 1.23. The standard InChI is InChI=1S/C11H17NS/c1-4-5-6-11-12-10(8-13-11)7-9(2)3/h5-6,8-9H,4,7H2,1-3H3/b6-5+. The van der Waals surface area contributed by atoms with E-state index in [1.54, 1.807) is 11.3 Å². The van der Waals surface area contributed by atoms with E-state index in [2.05, 4.69) is 43.3 Å². The van der Waals surface area contributed by atoms with Crippen LogP contribution >= 0.6 is 11.3 Å². The molecule has 0 aromatic carbocycles. The molecule has 0 bridgehead atoms. The number of hydrogen-bond donors (Lipinski definition) is 0. The van der Waals surface area contributed by atoms with Gasteiger partial charge in [0, 0.05) is 5.38 Å². The number of aromatic nitrogens is 1. The number of rotatable bonds is 4. The van der Waals surface area contributed by atoms with Gasteiger partial charge < -0.3 is 0 Å². The van der Waals surface area contributed by atoms with Gasteiger partial charge in [0.25, 0.3) is 0 Å². The Labute approximate surface area is 84.5 Å². The summed E-state index contributed by atoms with van der Waals surface area (Å²) in [7, 11) is 0. The van der Waals surface area contributed by atoms with E-state index in [1.807, 2.05) is 0 Å². The summed E-state index contributed by atoms with van der Waals surface area (Å²) in [5.74, 6) is 0.699.